The first-order chi connectivity index (χ1) is 24.5. The Balaban J connectivity index is 1.10. The lowest BCUT2D eigenvalue weighted by Gasteiger charge is -2.39. The van der Waals surface area contributed by atoms with Crippen molar-refractivity contribution in [1.29, 1.82) is 0 Å². The second-order valence-corrected chi connectivity index (χ2v) is 13.1. The Morgan fingerprint density at radius 1 is 0.820 bits per heavy atom. The molecule has 4 atom stereocenters. The Bertz CT molecular complexity index is 1680. The lowest BCUT2D eigenvalue weighted by Crippen LogP contribution is -2.47. The minimum absolute atomic E-state index is 0.0167. The molecule has 0 bridgehead atoms. The van der Waals surface area contributed by atoms with Crippen molar-refractivity contribution in [1.82, 2.24) is 15.5 Å². The van der Waals surface area contributed by atoms with E-state index in [0.717, 1.165) is 65.0 Å². The Morgan fingerprint density at radius 3 is 2.26 bits per heavy atom. The molecule has 0 aromatic heterocycles. The number of carbonyl (C=O) groups excluding carboxylic acids is 2. The smallest absolute Gasteiger partial charge is 0.328 e. The van der Waals surface area contributed by atoms with Crippen LogP contribution in [0.2, 0.25) is 0 Å². The summed E-state index contributed by atoms with van der Waals surface area (Å²) in [5, 5.41) is 15.2. The molecule has 2 heterocycles. The number of benzene rings is 4. The summed E-state index contributed by atoms with van der Waals surface area (Å²) in [5.41, 5.74) is 6.83. The van der Waals surface area contributed by atoms with Gasteiger partial charge in [0.15, 0.2) is 6.29 Å². The number of aliphatic hydroxyl groups is 1. The minimum Gasteiger partial charge on any atom is -0.467 e. The van der Waals surface area contributed by atoms with E-state index in [9.17, 15) is 14.7 Å². The maximum atomic E-state index is 12.8. The monoisotopic (exact) mass is 677 g/mol. The molecule has 9 heteroatoms. The average Bonchev–Trinajstić information content (AvgIpc) is 3.17. The van der Waals surface area contributed by atoms with Crippen LogP contribution in [-0.2, 0) is 38.6 Å². The van der Waals surface area contributed by atoms with Crippen molar-refractivity contribution in [3.05, 3.63) is 131 Å². The number of hydrogen-bond acceptors (Lipinski definition) is 7. The zero-order valence-electron chi connectivity index (χ0n) is 28.6. The molecule has 0 spiro atoms. The molecule has 0 aliphatic carbocycles. The van der Waals surface area contributed by atoms with E-state index in [1.54, 1.807) is 0 Å². The number of urea groups is 1. The third-order valence-corrected chi connectivity index (χ3v) is 9.50. The van der Waals surface area contributed by atoms with Crippen molar-refractivity contribution in [2.24, 2.45) is 0 Å². The van der Waals surface area contributed by atoms with Crippen LogP contribution in [0.25, 0.3) is 11.1 Å². The van der Waals surface area contributed by atoms with Crippen LogP contribution in [0.4, 0.5) is 4.79 Å². The molecule has 4 aromatic rings. The number of nitrogens with zero attached hydrogens (tertiary/aromatic N) is 1. The summed E-state index contributed by atoms with van der Waals surface area (Å²) >= 11 is 0. The van der Waals surface area contributed by atoms with Crippen LogP contribution in [0.5, 0.6) is 0 Å². The quantitative estimate of drug-likeness (QED) is 0.148. The van der Waals surface area contributed by atoms with E-state index in [-0.39, 0.29) is 18.8 Å². The molecule has 262 valence electrons. The Kier molecular flexibility index (Phi) is 12.3. The van der Waals surface area contributed by atoms with E-state index in [0.29, 0.717) is 13.0 Å². The van der Waals surface area contributed by atoms with Gasteiger partial charge in [-0.25, -0.2) is 9.59 Å². The molecule has 0 radical (unpaired) electrons. The lowest BCUT2D eigenvalue weighted by molar-refractivity contribution is -0.253. The maximum absolute atomic E-state index is 12.8. The first kappa shape index (κ1) is 35.3. The fourth-order valence-electron chi connectivity index (χ4n) is 6.73. The average molecular weight is 678 g/mol. The third kappa shape index (κ3) is 9.57. The fraction of sp³-hybridized carbons (Fsp3) is 0.366. The predicted molar refractivity (Wildman–Crippen MR) is 192 cm³/mol. The standard InChI is InChI=1S/C41H47N3O6/c1-48-39(46)37(24-29-9-4-2-5-10-29)43-41(47)42-26-31-11-8-12-35(23-31)32-17-19-34(20-18-32)40-49-36(27-44-21-6-3-7-22-44)25-38(50-40)33-15-13-30(28-45)14-16-33/h2,4-5,8-20,23,36-38,40,45H,3,6-7,21-22,24-28H2,1H3,(H2,42,43,47)/t36-,37+,38+,40+/m1/s1. The second-order valence-electron chi connectivity index (χ2n) is 13.1. The van der Waals surface area contributed by atoms with Crippen LogP contribution in [0, 0.1) is 0 Å². The number of methoxy groups -OCH3 is 1. The van der Waals surface area contributed by atoms with Crippen LogP contribution >= 0.6 is 0 Å². The first-order valence-corrected chi connectivity index (χ1v) is 17.6. The Morgan fingerprint density at radius 2 is 1.54 bits per heavy atom. The zero-order chi connectivity index (χ0) is 34.7. The van der Waals surface area contributed by atoms with Gasteiger partial charge >= 0.3 is 12.0 Å². The molecule has 4 aromatic carbocycles. The highest BCUT2D eigenvalue weighted by Crippen LogP contribution is 2.39. The highest BCUT2D eigenvalue weighted by molar-refractivity contribution is 5.83. The third-order valence-electron chi connectivity index (χ3n) is 9.50. The number of carbonyl (C=O) groups is 2. The van der Waals surface area contributed by atoms with Crippen molar-refractivity contribution in [3.8, 4) is 11.1 Å². The summed E-state index contributed by atoms with van der Waals surface area (Å²) in [6, 6.07) is 32.6. The molecular formula is C41H47N3O6. The number of hydrogen-bond donors (Lipinski definition) is 3. The van der Waals surface area contributed by atoms with E-state index in [1.165, 1.54) is 26.4 Å². The fourth-order valence-corrected chi connectivity index (χ4v) is 6.73. The number of ether oxygens (including phenoxy) is 3. The van der Waals surface area contributed by atoms with Gasteiger partial charge in [-0.1, -0.05) is 103 Å². The Hall–Kier alpha value is -4.54. The van der Waals surface area contributed by atoms with Crippen molar-refractivity contribution in [2.45, 2.75) is 69.8 Å². The molecule has 2 saturated heterocycles. The SMILES string of the molecule is COC(=O)[C@H](Cc1ccccc1)NC(=O)NCc1cccc(-c2ccc([C@H]3O[C@@H](CN4CCCCC4)C[C@@H](c4ccc(CO)cc4)O3)cc2)c1. The summed E-state index contributed by atoms with van der Waals surface area (Å²) in [5.74, 6) is -0.497. The second kappa shape index (κ2) is 17.4. The zero-order valence-corrected chi connectivity index (χ0v) is 28.6. The van der Waals surface area contributed by atoms with E-state index >= 15 is 0 Å². The summed E-state index contributed by atoms with van der Waals surface area (Å²) < 4.78 is 18.1. The molecule has 2 aliphatic rings. The van der Waals surface area contributed by atoms with Crippen LogP contribution in [0.1, 0.15) is 65.9 Å². The molecule has 2 amide bonds. The number of esters is 1. The van der Waals surface area contributed by atoms with Crippen molar-refractivity contribution in [3.63, 3.8) is 0 Å². The topological polar surface area (TPSA) is 109 Å². The van der Waals surface area contributed by atoms with Gasteiger partial charge in [-0.3, -0.25) is 0 Å². The highest BCUT2D eigenvalue weighted by atomic mass is 16.7. The molecular weight excluding hydrogens is 630 g/mol. The number of likely N-dealkylation sites (tertiary alicyclic amines) is 1. The van der Waals surface area contributed by atoms with Gasteiger partial charge in [0.1, 0.15) is 6.04 Å². The van der Waals surface area contributed by atoms with Crippen LogP contribution < -0.4 is 10.6 Å². The number of piperidine rings is 1. The molecule has 50 heavy (non-hydrogen) atoms. The molecule has 3 N–H and O–H groups in total. The van der Waals surface area contributed by atoms with Crippen LogP contribution in [0.15, 0.2) is 103 Å². The highest BCUT2D eigenvalue weighted by Gasteiger charge is 2.33. The van der Waals surface area contributed by atoms with E-state index in [4.69, 9.17) is 14.2 Å². The normalized spacial score (nSPS) is 20.1. The minimum atomic E-state index is -0.800. The summed E-state index contributed by atoms with van der Waals surface area (Å²) in [4.78, 5) is 27.7. The van der Waals surface area contributed by atoms with E-state index in [2.05, 4.69) is 39.8 Å². The van der Waals surface area contributed by atoms with E-state index in [1.807, 2.05) is 78.9 Å². The summed E-state index contributed by atoms with van der Waals surface area (Å²) in [6.07, 6.45) is 4.29. The largest absolute Gasteiger partial charge is 0.467 e. The van der Waals surface area contributed by atoms with Gasteiger partial charge in [-0.15, -0.1) is 0 Å². The van der Waals surface area contributed by atoms with Gasteiger partial charge in [0.2, 0.25) is 0 Å². The van der Waals surface area contributed by atoms with E-state index < -0.39 is 24.3 Å². The van der Waals surface area contributed by atoms with Gasteiger partial charge in [0.25, 0.3) is 0 Å². The molecule has 9 nitrogen and oxygen atoms in total. The van der Waals surface area contributed by atoms with Crippen molar-refractivity contribution >= 4 is 12.0 Å². The number of aliphatic hydroxyl groups excluding tert-OH is 1. The summed E-state index contributed by atoms with van der Waals surface area (Å²) in [6.45, 7) is 3.41. The van der Waals surface area contributed by atoms with Gasteiger partial charge in [-0.05, 0) is 65.4 Å². The number of rotatable bonds is 12. The van der Waals surface area contributed by atoms with Gasteiger partial charge < -0.3 is 34.9 Å². The molecule has 2 aliphatic heterocycles. The molecule has 2 fully saturated rings. The summed E-state index contributed by atoms with van der Waals surface area (Å²) in [7, 11) is 1.32. The first-order valence-electron chi connectivity index (χ1n) is 17.6. The molecule has 0 unspecified atom stereocenters. The van der Waals surface area contributed by atoms with Crippen molar-refractivity contribution < 1.29 is 28.9 Å². The van der Waals surface area contributed by atoms with Crippen LogP contribution in [0.3, 0.4) is 0 Å². The van der Waals surface area contributed by atoms with Gasteiger partial charge in [-0.2, -0.15) is 0 Å². The Labute approximate surface area is 294 Å². The molecule has 6 rings (SSSR count). The number of nitrogens with one attached hydrogen (secondary N) is 2. The predicted octanol–water partition coefficient (Wildman–Crippen LogP) is 6.46. The maximum Gasteiger partial charge on any atom is 0.328 e. The van der Waals surface area contributed by atoms with Crippen molar-refractivity contribution in [2.75, 3.05) is 26.7 Å². The lowest BCUT2D eigenvalue weighted by atomic mass is 9.98. The van der Waals surface area contributed by atoms with Gasteiger partial charge in [0.05, 0.1) is 25.9 Å². The number of amides is 2. The van der Waals surface area contributed by atoms with Gasteiger partial charge in [0, 0.05) is 31.5 Å². The van der Waals surface area contributed by atoms with Crippen LogP contribution in [-0.4, -0.2) is 60.9 Å². The molecule has 0 saturated carbocycles.